The molecule has 0 aromatic rings. The van der Waals surface area contributed by atoms with E-state index >= 15 is 0 Å². The van der Waals surface area contributed by atoms with Crippen molar-refractivity contribution in [1.29, 1.82) is 0 Å². The van der Waals surface area contributed by atoms with Crippen LogP contribution >= 0.6 is 11.8 Å². The third-order valence-electron chi connectivity index (χ3n) is 3.32. The number of thioether (sulfide) groups is 1. The fraction of sp³-hybridized carbons (Fsp3) is 0.600. The molecule has 2 rings (SSSR count). The number of ether oxygens (including phenoxy) is 2. The van der Waals surface area contributed by atoms with Gasteiger partial charge in [0.2, 0.25) is 0 Å². The molecule has 0 radical (unpaired) electrons. The van der Waals surface area contributed by atoms with Gasteiger partial charge in [-0.15, -0.1) is 0 Å². The first-order valence-corrected chi connectivity index (χ1v) is 7.95. The first kappa shape index (κ1) is 16.1. The Morgan fingerprint density at radius 1 is 1.38 bits per heavy atom. The summed E-state index contributed by atoms with van der Waals surface area (Å²) in [5.41, 5.74) is 0.940. The predicted octanol–water partition coefficient (Wildman–Crippen LogP) is 2.49. The standard InChI is InChI=1S/C15H21NO4S/c1-5-10(17)13-12(14(18)19-6-2)16-9-7-15(3,4)20-8-11(9)21-13/h16H,5-8H2,1-4H3. The van der Waals surface area contributed by atoms with Crippen LogP contribution in [0.25, 0.3) is 0 Å². The van der Waals surface area contributed by atoms with E-state index in [9.17, 15) is 9.59 Å². The van der Waals surface area contributed by atoms with Crippen molar-refractivity contribution in [3.63, 3.8) is 0 Å². The van der Waals surface area contributed by atoms with E-state index in [-0.39, 0.29) is 23.7 Å². The fourth-order valence-corrected chi connectivity index (χ4v) is 3.32. The summed E-state index contributed by atoms with van der Waals surface area (Å²) < 4.78 is 10.8. The number of hydrogen-bond donors (Lipinski definition) is 1. The van der Waals surface area contributed by atoms with Gasteiger partial charge in [-0.05, 0) is 20.8 Å². The van der Waals surface area contributed by atoms with Crippen molar-refractivity contribution < 1.29 is 19.1 Å². The zero-order valence-corrected chi connectivity index (χ0v) is 13.7. The molecule has 1 N–H and O–H groups in total. The number of ketones is 1. The van der Waals surface area contributed by atoms with Crippen LogP contribution in [0.1, 0.15) is 40.5 Å². The van der Waals surface area contributed by atoms with Crippen LogP contribution in [0, 0.1) is 0 Å². The molecule has 0 atom stereocenters. The lowest BCUT2D eigenvalue weighted by Gasteiger charge is -2.36. The first-order chi connectivity index (χ1) is 9.88. The third-order valence-corrected chi connectivity index (χ3v) is 4.56. The van der Waals surface area contributed by atoms with Gasteiger partial charge in [-0.3, -0.25) is 4.79 Å². The molecule has 116 valence electrons. The highest BCUT2D eigenvalue weighted by molar-refractivity contribution is 8.07. The third kappa shape index (κ3) is 3.49. The molecule has 6 heteroatoms. The number of hydrogen-bond acceptors (Lipinski definition) is 6. The lowest BCUT2D eigenvalue weighted by molar-refractivity contribution is -0.139. The maximum absolute atomic E-state index is 12.1. The van der Waals surface area contributed by atoms with Crippen molar-refractivity contribution in [3.8, 4) is 0 Å². The zero-order chi connectivity index (χ0) is 15.6. The Hall–Kier alpha value is -1.27. The van der Waals surface area contributed by atoms with Crippen molar-refractivity contribution in [2.24, 2.45) is 0 Å². The molecule has 5 nitrogen and oxygen atoms in total. The summed E-state index contributed by atoms with van der Waals surface area (Å²) in [5, 5.41) is 3.12. The summed E-state index contributed by atoms with van der Waals surface area (Å²) in [5.74, 6) is -0.537. The largest absolute Gasteiger partial charge is 0.461 e. The molecule has 0 aromatic carbocycles. The van der Waals surface area contributed by atoms with Crippen LogP contribution in [-0.4, -0.2) is 30.6 Å². The van der Waals surface area contributed by atoms with Gasteiger partial charge in [0.25, 0.3) is 0 Å². The van der Waals surface area contributed by atoms with Crippen LogP contribution in [0.5, 0.6) is 0 Å². The second-order valence-corrected chi connectivity index (χ2v) is 6.66. The number of carbonyl (C=O) groups excluding carboxylic acids is 2. The summed E-state index contributed by atoms with van der Waals surface area (Å²) in [4.78, 5) is 25.6. The predicted molar refractivity (Wildman–Crippen MR) is 81.4 cm³/mol. The monoisotopic (exact) mass is 311 g/mol. The molecular formula is C15H21NO4S. The maximum Gasteiger partial charge on any atom is 0.356 e. The van der Waals surface area contributed by atoms with Gasteiger partial charge in [-0.2, -0.15) is 0 Å². The topological polar surface area (TPSA) is 64.6 Å². The van der Waals surface area contributed by atoms with E-state index in [2.05, 4.69) is 5.32 Å². The normalized spacial score (nSPS) is 20.8. The molecule has 0 saturated heterocycles. The molecule has 0 aliphatic carbocycles. The Labute approximate surface area is 129 Å². The Bertz CT molecular complexity index is 534. The van der Waals surface area contributed by atoms with Crippen LogP contribution in [0.15, 0.2) is 21.2 Å². The Kier molecular flexibility index (Phi) is 4.78. The average molecular weight is 311 g/mol. The summed E-state index contributed by atoms with van der Waals surface area (Å²) in [6, 6.07) is 0. The van der Waals surface area contributed by atoms with Crippen LogP contribution in [0.4, 0.5) is 0 Å². The molecule has 21 heavy (non-hydrogen) atoms. The highest BCUT2D eigenvalue weighted by atomic mass is 32.2. The van der Waals surface area contributed by atoms with Gasteiger partial charge in [0.05, 0.1) is 23.7 Å². The molecule has 0 unspecified atom stereocenters. The Morgan fingerprint density at radius 2 is 2.10 bits per heavy atom. The van der Waals surface area contributed by atoms with Gasteiger partial charge >= 0.3 is 5.97 Å². The quantitative estimate of drug-likeness (QED) is 0.805. The minimum Gasteiger partial charge on any atom is -0.461 e. The van der Waals surface area contributed by atoms with Crippen molar-refractivity contribution in [1.82, 2.24) is 5.32 Å². The lowest BCUT2D eigenvalue weighted by Crippen LogP contribution is -2.38. The van der Waals surface area contributed by atoms with Crippen LogP contribution in [0.2, 0.25) is 0 Å². The van der Waals surface area contributed by atoms with Gasteiger partial charge in [-0.25, -0.2) is 4.79 Å². The molecule has 2 aliphatic rings. The number of Topliss-reactive ketones (excluding diaryl/α,β-unsaturated/α-hetero) is 1. The van der Waals surface area contributed by atoms with Crippen LogP contribution in [-0.2, 0) is 19.1 Å². The number of nitrogens with one attached hydrogen (secondary N) is 1. The highest BCUT2D eigenvalue weighted by Gasteiger charge is 2.35. The van der Waals surface area contributed by atoms with E-state index in [1.807, 2.05) is 13.8 Å². The number of esters is 1. The van der Waals surface area contributed by atoms with Crippen molar-refractivity contribution in [2.75, 3.05) is 13.2 Å². The molecule has 0 aromatic heterocycles. The molecular weight excluding hydrogens is 290 g/mol. The van der Waals surface area contributed by atoms with E-state index in [1.165, 1.54) is 11.8 Å². The summed E-state index contributed by atoms with van der Waals surface area (Å²) in [7, 11) is 0. The Balaban J connectivity index is 2.31. The molecule has 0 saturated carbocycles. The summed E-state index contributed by atoms with van der Waals surface area (Å²) in [6.45, 7) is 8.27. The van der Waals surface area contributed by atoms with E-state index in [0.717, 1.165) is 10.6 Å². The van der Waals surface area contributed by atoms with Gasteiger partial charge in [0.15, 0.2) is 5.78 Å². The number of rotatable bonds is 4. The van der Waals surface area contributed by atoms with E-state index in [1.54, 1.807) is 13.8 Å². The average Bonchev–Trinajstić information content (AvgIpc) is 2.44. The second-order valence-electron chi connectivity index (χ2n) is 5.56. The molecule has 0 fully saturated rings. The summed E-state index contributed by atoms with van der Waals surface area (Å²) in [6.07, 6.45) is 1.02. The lowest BCUT2D eigenvalue weighted by atomic mass is 9.99. The smallest absolute Gasteiger partial charge is 0.356 e. The van der Waals surface area contributed by atoms with Crippen LogP contribution in [0.3, 0.4) is 0 Å². The summed E-state index contributed by atoms with van der Waals surface area (Å²) >= 11 is 1.33. The van der Waals surface area contributed by atoms with Gasteiger partial charge in [0, 0.05) is 23.4 Å². The molecule has 0 bridgehead atoms. The minimum atomic E-state index is -0.474. The van der Waals surface area contributed by atoms with Crippen molar-refractivity contribution in [3.05, 3.63) is 21.2 Å². The molecule has 0 spiro atoms. The van der Waals surface area contributed by atoms with E-state index < -0.39 is 5.97 Å². The molecule has 2 heterocycles. The highest BCUT2D eigenvalue weighted by Crippen LogP contribution is 2.41. The van der Waals surface area contributed by atoms with Crippen LogP contribution < -0.4 is 5.32 Å². The fourth-order valence-electron chi connectivity index (χ4n) is 2.21. The molecule has 2 aliphatic heterocycles. The number of allylic oxidation sites excluding steroid dienone is 1. The van der Waals surface area contributed by atoms with Crippen molar-refractivity contribution >= 4 is 23.5 Å². The van der Waals surface area contributed by atoms with Gasteiger partial charge in [-0.1, -0.05) is 18.7 Å². The van der Waals surface area contributed by atoms with E-state index in [4.69, 9.17) is 9.47 Å². The SMILES string of the molecule is CCOC(=O)C1=C(C(=O)CC)SC2=C(CC(C)(C)OC2)N1. The van der Waals surface area contributed by atoms with Crippen molar-refractivity contribution in [2.45, 2.75) is 46.1 Å². The second kappa shape index (κ2) is 6.23. The number of carbonyl (C=O) groups is 2. The zero-order valence-electron chi connectivity index (χ0n) is 12.9. The minimum absolute atomic E-state index is 0.0630. The Morgan fingerprint density at radius 3 is 2.71 bits per heavy atom. The van der Waals surface area contributed by atoms with Gasteiger partial charge in [0.1, 0.15) is 5.70 Å². The first-order valence-electron chi connectivity index (χ1n) is 7.13. The molecule has 0 amide bonds. The van der Waals surface area contributed by atoms with E-state index in [0.29, 0.717) is 24.4 Å². The maximum atomic E-state index is 12.1. The van der Waals surface area contributed by atoms with Gasteiger partial charge < -0.3 is 14.8 Å².